The van der Waals surface area contributed by atoms with E-state index in [0.717, 1.165) is 18.7 Å². The number of aromatic nitrogens is 5. The fourth-order valence-corrected chi connectivity index (χ4v) is 3.82. The van der Waals surface area contributed by atoms with Gasteiger partial charge < -0.3 is 20.1 Å². The second-order valence-electron chi connectivity index (χ2n) is 9.21. The molecule has 1 saturated heterocycles. The summed E-state index contributed by atoms with van der Waals surface area (Å²) in [6.07, 6.45) is 3.08. The molecule has 2 atom stereocenters. The molecule has 1 fully saturated rings. The first-order chi connectivity index (χ1) is 15.2. The van der Waals surface area contributed by atoms with Crippen LogP contribution in [0.4, 0.5) is 5.95 Å². The van der Waals surface area contributed by atoms with Gasteiger partial charge in [-0.3, -0.25) is 0 Å². The predicted molar refractivity (Wildman–Crippen MR) is 130 cm³/mol. The van der Waals surface area contributed by atoms with Gasteiger partial charge in [0.15, 0.2) is 0 Å². The fourth-order valence-electron chi connectivity index (χ4n) is 3.82. The van der Waals surface area contributed by atoms with Crippen LogP contribution in [0.15, 0.2) is 36.8 Å². The Balaban J connectivity index is 0.00000306. The normalized spacial score (nSPS) is 18.5. The number of rotatable bonds is 4. The lowest BCUT2D eigenvalue weighted by Gasteiger charge is -2.43. The van der Waals surface area contributed by atoms with Crippen LogP contribution in [0, 0.1) is 5.41 Å². The van der Waals surface area contributed by atoms with Crippen LogP contribution < -0.4 is 15.0 Å². The van der Waals surface area contributed by atoms with Crippen LogP contribution in [-0.2, 0) is 0 Å². The molecule has 1 aliphatic rings. The Hall–Kier alpha value is -3.04. The highest BCUT2D eigenvalue weighted by molar-refractivity contribution is 5.85. The fraction of sp³-hybridized carbons (Fsp3) is 0.435. The van der Waals surface area contributed by atoms with Gasteiger partial charge in [0, 0.05) is 42.4 Å². The van der Waals surface area contributed by atoms with Crippen molar-refractivity contribution >= 4 is 18.4 Å². The highest BCUT2D eigenvalue weighted by Gasteiger charge is 2.33. The highest BCUT2D eigenvalue weighted by atomic mass is 35.5. The number of nitrogens with zero attached hydrogens (tertiary/aromatic N) is 6. The van der Waals surface area contributed by atoms with E-state index in [1.807, 2.05) is 6.07 Å². The molecule has 1 aliphatic heterocycles. The number of halogens is 1. The van der Waals surface area contributed by atoms with E-state index >= 15 is 0 Å². The number of hydrogen-bond acceptors (Lipinski definition) is 9. The van der Waals surface area contributed by atoms with Crippen molar-refractivity contribution in [3.8, 4) is 34.1 Å². The minimum atomic E-state index is 0. The molecule has 1 aromatic carbocycles. The summed E-state index contributed by atoms with van der Waals surface area (Å²) < 4.78 is 5.14. The molecule has 4 rings (SSSR count). The average molecular weight is 472 g/mol. The van der Waals surface area contributed by atoms with Crippen LogP contribution in [0.1, 0.15) is 27.7 Å². The quantitative estimate of drug-likeness (QED) is 0.591. The monoisotopic (exact) mass is 471 g/mol. The number of aromatic hydroxyl groups is 1. The van der Waals surface area contributed by atoms with Crippen molar-refractivity contribution in [1.82, 2.24) is 30.5 Å². The molecule has 0 bridgehead atoms. The van der Waals surface area contributed by atoms with E-state index in [1.165, 1.54) is 6.33 Å². The van der Waals surface area contributed by atoms with Gasteiger partial charge in [0.05, 0.1) is 19.0 Å². The minimum absolute atomic E-state index is 0. The second kappa shape index (κ2) is 9.84. The van der Waals surface area contributed by atoms with Gasteiger partial charge in [0.1, 0.15) is 17.8 Å². The number of benzene rings is 1. The van der Waals surface area contributed by atoms with E-state index in [1.54, 1.807) is 31.5 Å². The number of phenols is 1. The number of anilines is 1. The van der Waals surface area contributed by atoms with Gasteiger partial charge >= 0.3 is 0 Å². The summed E-state index contributed by atoms with van der Waals surface area (Å²) in [4.78, 5) is 15.0. The Bertz CT molecular complexity index is 1090. The maximum Gasteiger partial charge on any atom is 0.245 e. The highest BCUT2D eigenvalue weighted by Crippen LogP contribution is 2.32. The molecule has 0 aliphatic carbocycles. The summed E-state index contributed by atoms with van der Waals surface area (Å²) >= 11 is 0. The molecule has 3 heterocycles. The lowest BCUT2D eigenvalue weighted by Crippen LogP contribution is -2.60. The Labute approximate surface area is 200 Å². The molecule has 0 radical (unpaired) electrons. The molecular formula is C23H30ClN7O2. The third-order valence-corrected chi connectivity index (χ3v) is 5.68. The first-order valence-electron chi connectivity index (χ1n) is 10.6. The maximum atomic E-state index is 10.6. The van der Waals surface area contributed by atoms with Crippen LogP contribution >= 0.6 is 12.4 Å². The molecule has 3 aromatic rings. The molecule has 10 heteroatoms. The smallest absolute Gasteiger partial charge is 0.245 e. The molecule has 0 spiro atoms. The van der Waals surface area contributed by atoms with Crippen molar-refractivity contribution in [2.75, 3.05) is 25.1 Å². The Kier molecular flexibility index (Phi) is 7.34. The standard InChI is InChI=1S/C23H29N7O2.ClH/c1-14-11-30(12-20(27-14)23(2,3)4)22-24-10-18(28-29-22)16-7-6-15(8-19(16)31)17-9-21(32-5)26-13-25-17;/h6-10,13-14,20,27,31H,11-12H2,1-5H3;1H/t14-,20-;/m1./s1. The summed E-state index contributed by atoms with van der Waals surface area (Å²) in [5, 5.41) is 23.0. The molecular weight excluding hydrogens is 442 g/mol. The van der Waals surface area contributed by atoms with Crippen molar-refractivity contribution < 1.29 is 9.84 Å². The van der Waals surface area contributed by atoms with E-state index in [-0.39, 0.29) is 23.6 Å². The lowest BCUT2D eigenvalue weighted by molar-refractivity contribution is 0.227. The van der Waals surface area contributed by atoms with Crippen LogP contribution in [-0.4, -0.2) is 62.5 Å². The summed E-state index contributed by atoms with van der Waals surface area (Å²) in [6.45, 7) is 10.5. The van der Waals surface area contributed by atoms with Crippen LogP contribution in [0.3, 0.4) is 0 Å². The van der Waals surface area contributed by atoms with Gasteiger partial charge in [-0.2, -0.15) is 0 Å². The lowest BCUT2D eigenvalue weighted by atomic mass is 9.84. The third-order valence-electron chi connectivity index (χ3n) is 5.68. The van der Waals surface area contributed by atoms with E-state index in [4.69, 9.17) is 4.74 Å². The number of ether oxygens (including phenoxy) is 1. The first-order valence-corrected chi connectivity index (χ1v) is 10.6. The molecule has 33 heavy (non-hydrogen) atoms. The van der Waals surface area contributed by atoms with Gasteiger partial charge in [-0.25, -0.2) is 15.0 Å². The summed E-state index contributed by atoms with van der Waals surface area (Å²) in [5.41, 5.74) is 2.59. The number of piperazine rings is 1. The molecule has 0 unspecified atom stereocenters. The second-order valence-corrected chi connectivity index (χ2v) is 9.21. The zero-order valence-corrected chi connectivity index (χ0v) is 20.3. The van der Waals surface area contributed by atoms with Gasteiger partial charge in [-0.1, -0.05) is 26.8 Å². The van der Waals surface area contributed by atoms with E-state index in [9.17, 15) is 5.11 Å². The zero-order chi connectivity index (χ0) is 22.9. The summed E-state index contributed by atoms with van der Waals surface area (Å²) in [6, 6.07) is 7.65. The van der Waals surface area contributed by atoms with Gasteiger partial charge in [0.25, 0.3) is 0 Å². The number of hydrogen-bond donors (Lipinski definition) is 2. The van der Waals surface area contributed by atoms with Crippen molar-refractivity contribution in [2.24, 2.45) is 5.41 Å². The van der Waals surface area contributed by atoms with Crippen molar-refractivity contribution in [3.63, 3.8) is 0 Å². The molecule has 2 aromatic heterocycles. The van der Waals surface area contributed by atoms with Crippen molar-refractivity contribution in [3.05, 3.63) is 36.8 Å². The first kappa shape index (κ1) is 24.6. The molecule has 9 nitrogen and oxygen atoms in total. The molecule has 0 amide bonds. The molecule has 176 valence electrons. The SMILES string of the molecule is COc1cc(-c2ccc(-c3cnc(N4C[C@@H](C)N[C@@H](C(C)(C)C)C4)nn3)c(O)c2)ncn1.Cl. The van der Waals surface area contributed by atoms with Gasteiger partial charge in [-0.05, 0) is 24.5 Å². The number of methoxy groups -OCH3 is 1. The van der Waals surface area contributed by atoms with Gasteiger partial charge in [0.2, 0.25) is 11.8 Å². The maximum absolute atomic E-state index is 10.6. The Morgan fingerprint density at radius 1 is 1.06 bits per heavy atom. The van der Waals surface area contributed by atoms with E-state index < -0.39 is 0 Å². The van der Waals surface area contributed by atoms with Crippen LogP contribution in [0.25, 0.3) is 22.5 Å². The zero-order valence-electron chi connectivity index (χ0n) is 19.5. The third kappa shape index (κ3) is 5.48. The number of phenolic OH excluding ortho intramolecular Hbond substituents is 1. The van der Waals surface area contributed by atoms with E-state index in [0.29, 0.717) is 40.9 Å². The van der Waals surface area contributed by atoms with Crippen LogP contribution in [0.5, 0.6) is 11.6 Å². The summed E-state index contributed by atoms with van der Waals surface area (Å²) in [5.74, 6) is 1.13. The Morgan fingerprint density at radius 3 is 2.48 bits per heavy atom. The van der Waals surface area contributed by atoms with Crippen molar-refractivity contribution in [1.29, 1.82) is 0 Å². The Morgan fingerprint density at radius 2 is 1.85 bits per heavy atom. The number of nitrogens with one attached hydrogen (secondary N) is 1. The van der Waals surface area contributed by atoms with Crippen LogP contribution in [0.2, 0.25) is 0 Å². The molecule has 0 saturated carbocycles. The van der Waals surface area contributed by atoms with Crippen molar-refractivity contribution in [2.45, 2.75) is 39.8 Å². The minimum Gasteiger partial charge on any atom is -0.507 e. The van der Waals surface area contributed by atoms with Gasteiger partial charge in [-0.15, -0.1) is 22.6 Å². The largest absolute Gasteiger partial charge is 0.507 e. The van der Waals surface area contributed by atoms with E-state index in [2.05, 4.69) is 63.1 Å². The topological polar surface area (TPSA) is 109 Å². The predicted octanol–water partition coefficient (Wildman–Crippen LogP) is 3.34. The molecule has 2 N–H and O–H groups in total. The average Bonchev–Trinajstić information content (AvgIpc) is 2.78. The summed E-state index contributed by atoms with van der Waals surface area (Å²) in [7, 11) is 1.55.